The molecule has 16 heavy (non-hydrogen) atoms. The highest BCUT2D eigenvalue weighted by atomic mass is 14.6. The van der Waals surface area contributed by atoms with Gasteiger partial charge in [-0.15, -0.1) is 0 Å². The summed E-state index contributed by atoms with van der Waals surface area (Å²) >= 11 is 0. The van der Waals surface area contributed by atoms with E-state index < -0.39 is 0 Å². The van der Waals surface area contributed by atoms with E-state index in [1.54, 1.807) is 0 Å². The van der Waals surface area contributed by atoms with Crippen LogP contribution in [-0.2, 0) is 0 Å². The monoisotopic (exact) mass is 212 g/mol. The van der Waals surface area contributed by atoms with Gasteiger partial charge in [-0.25, -0.2) is 0 Å². The van der Waals surface area contributed by atoms with E-state index in [2.05, 4.69) is 35.9 Å². The summed E-state index contributed by atoms with van der Waals surface area (Å²) in [6.07, 6.45) is 7.50. The maximum atomic E-state index is 4.19. The maximum absolute atomic E-state index is 4.19. The van der Waals surface area contributed by atoms with Crippen molar-refractivity contribution < 1.29 is 0 Å². The molecule has 2 aromatic rings. The van der Waals surface area contributed by atoms with E-state index in [-0.39, 0.29) is 0 Å². The zero-order valence-corrected chi connectivity index (χ0v) is 9.67. The van der Waals surface area contributed by atoms with Crippen molar-refractivity contribution in [1.29, 1.82) is 0 Å². The predicted molar refractivity (Wildman–Crippen MR) is 65.2 cm³/mol. The lowest BCUT2D eigenvalue weighted by molar-refractivity contribution is 0.561. The molecule has 0 aliphatic carbocycles. The van der Waals surface area contributed by atoms with Crippen LogP contribution >= 0.6 is 0 Å². The van der Waals surface area contributed by atoms with Crippen LogP contribution in [0.2, 0.25) is 0 Å². The van der Waals surface area contributed by atoms with Gasteiger partial charge in [-0.3, -0.25) is 9.97 Å². The summed E-state index contributed by atoms with van der Waals surface area (Å²) in [5.74, 6) is 0.913. The first-order valence-electron chi connectivity index (χ1n) is 5.59. The van der Waals surface area contributed by atoms with Crippen molar-refractivity contribution in [3.8, 4) is 0 Å². The lowest BCUT2D eigenvalue weighted by Crippen LogP contribution is -2.09. The fourth-order valence-corrected chi connectivity index (χ4v) is 2.08. The molecule has 0 N–H and O–H groups in total. The second-order valence-electron chi connectivity index (χ2n) is 4.29. The molecule has 0 bridgehead atoms. The Morgan fingerprint density at radius 2 is 1.38 bits per heavy atom. The minimum Gasteiger partial charge on any atom is -0.264 e. The Morgan fingerprint density at radius 1 is 0.875 bits per heavy atom. The van der Waals surface area contributed by atoms with Crippen LogP contribution < -0.4 is 0 Å². The molecule has 2 heterocycles. The first-order chi connectivity index (χ1) is 7.79. The Hall–Kier alpha value is -1.70. The number of rotatable bonds is 3. The van der Waals surface area contributed by atoms with Gasteiger partial charge in [0.05, 0.1) is 0 Å². The summed E-state index contributed by atoms with van der Waals surface area (Å²) in [4.78, 5) is 8.39. The van der Waals surface area contributed by atoms with Crippen molar-refractivity contribution in [1.82, 2.24) is 9.97 Å². The van der Waals surface area contributed by atoms with E-state index in [1.807, 2.05) is 36.9 Å². The molecular formula is C14H16N2. The van der Waals surface area contributed by atoms with E-state index >= 15 is 0 Å². The standard InChI is InChI=1S/C14H16N2/c1-11(2)14(12-5-3-7-15-9-12)13-6-4-8-16-10-13/h3-11,14H,1-2H3. The van der Waals surface area contributed by atoms with Gasteiger partial charge in [-0.2, -0.15) is 0 Å². The summed E-state index contributed by atoms with van der Waals surface area (Å²) in [6, 6.07) is 8.23. The van der Waals surface area contributed by atoms with E-state index in [1.165, 1.54) is 11.1 Å². The van der Waals surface area contributed by atoms with Crippen molar-refractivity contribution in [3.63, 3.8) is 0 Å². The van der Waals surface area contributed by atoms with E-state index in [0.717, 1.165) is 0 Å². The van der Waals surface area contributed by atoms with Crippen LogP contribution in [0.15, 0.2) is 49.1 Å². The van der Waals surface area contributed by atoms with Crippen molar-refractivity contribution in [2.75, 3.05) is 0 Å². The Balaban J connectivity index is 2.40. The molecule has 0 saturated heterocycles. The first kappa shape index (κ1) is 10.8. The fraction of sp³-hybridized carbons (Fsp3) is 0.286. The van der Waals surface area contributed by atoms with Crippen molar-refractivity contribution >= 4 is 0 Å². The van der Waals surface area contributed by atoms with Crippen molar-refractivity contribution in [2.45, 2.75) is 19.8 Å². The Morgan fingerprint density at radius 3 is 1.69 bits per heavy atom. The molecule has 0 spiro atoms. The van der Waals surface area contributed by atoms with Gasteiger partial charge in [0.25, 0.3) is 0 Å². The summed E-state index contributed by atoms with van der Waals surface area (Å²) < 4.78 is 0. The Labute approximate surface area is 96.4 Å². The molecule has 2 rings (SSSR count). The Kier molecular flexibility index (Phi) is 3.30. The summed E-state index contributed by atoms with van der Waals surface area (Å²) in [5.41, 5.74) is 2.51. The van der Waals surface area contributed by atoms with Crippen LogP contribution in [0, 0.1) is 5.92 Å². The van der Waals surface area contributed by atoms with Crippen molar-refractivity contribution in [3.05, 3.63) is 60.2 Å². The molecule has 0 unspecified atom stereocenters. The maximum Gasteiger partial charge on any atom is 0.0306 e. The normalized spacial score (nSPS) is 11.0. The molecule has 0 atom stereocenters. The van der Waals surface area contributed by atoms with Crippen LogP contribution in [0.5, 0.6) is 0 Å². The molecular weight excluding hydrogens is 196 g/mol. The number of pyridine rings is 2. The van der Waals surface area contributed by atoms with E-state index in [4.69, 9.17) is 0 Å². The van der Waals surface area contributed by atoms with Gasteiger partial charge < -0.3 is 0 Å². The topological polar surface area (TPSA) is 25.8 Å². The molecule has 82 valence electrons. The molecule has 2 nitrogen and oxygen atoms in total. The summed E-state index contributed by atoms with van der Waals surface area (Å²) in [6.45, 7) is 4.45. The molecule has 2 aromatic heterocycles. The smallest absolute Gasteiger partial charge is 0.0306 e. The Bertz CT molecular complexity index is 384. The van der Waals surface area contributed by atoms with Crippen molar-refractivity contribution in [2.24, 2.45) is 5.92 Å². The second-order valence-corrected chi connectivity index (χ2v) is 4.29. The molecule has 0 fully saturated rings. The minimum atomic E-state index is 0.377. The van der Waals surface area contributed by atoms with Crippen LogP contribution in [0.1, 0.15) is 30.9 Å². The molecule has 0 saturated carbocycles. The second kappa shape index (κ2) is 4.88. The highest BCUT2D eigenvalue weighted by Gasteiger charge is 2.17. The van der Waals surface area contributed by atoms with Crippen LogP contribution in [0.25, 0.3) is 0 Å². The van der Waals surface area contributed by atoms with Gasteiger partial charge in [0.2, 0.25) is 0 Å². The third kappa shape index (κ3) is 2.27. The zero-order valence-electron chi connectivity index (χ0n) is 9.67. The average molecular weight is 212 g/mol. The van der Waals surface area contributed by atoms with Gasteiger partial charge in [-0.05, 0) is 29.2 Å². The van der Waals surface area contributed by atoms with Crippen LogP contribution in [-0.4, -0.2) is 9.97 Å². The highest BCUT2D eigenvalue weighted by molar-refractivity contribution is 5.29. The summed E-state index contributed by atoms with van der Waals surface area (Å²) in [7, 11) is 0. The molecule has 0 aliphatic heterocycles. The lowest BCUT2D eigenvalue weighted by Gasteiger charge is -2.21. The van der Waals surface area contributed by atoms with Gasteiger partial charge in [0.1, 0.15) is 0 Å². The largest absolute Gasteiger partial charge is 0.264 e. The van der Waals surface area contributed by atoms with Gasteiger partial charge in [0.15, 0.2) is 0 Å². The molecule has 0 radical (unpaired) electrons. The average Bonchev–Trinajstić information content (AvgIpc) is 2.31. The lowest BCUT2D eigenvalue weighted by atomic mass is 9.84. The van der Waals surface area contributed by atoms with E-state index in [9.17, 15) is 0 Å². The van der Waals surface area contributed by atoms with Crippen LogP contribution in [0.4, 0.5) is 0 Å². The van der Waals surface area contributed by atoms with Gasteiger partial charge in [-0.1, -0.05) is 26.0 Å². The van der Waals surface area contributed by atoms with Gasteiger partial charge in [0, 0.05) is 30.7 Å². The predicted octanol–water partition coefficient (Wildman–Crippen LogP) is 3.26. The fourth-order valence-electron chi connectivity index (χ4n) is 2.08. The summed E-state index contributed by atoms with van der Waals surface area (Å²) in [5, 5.41) is 0. The number of hydrogen-bond donors (Lipinski definition) is 0. The highest BCUT2D eigenvalue weighted by Crippen LogP contribution is 2.30. The number of nitrogens with zero attached hydrogens (tertiary/aromatic N) is 2. The van der Waals surface area contributed by atoms with Gasteiger partial charge >= 0.3 is 0 Å². The third-order valence-corrected chi connectivity index (χ3v) is 2.75. The quantitative estimate of drug-likeness (QED) is 0.780. The molecule has 0 aliphatic rings. The third-order valence-electron chi connectivity index (χ3n) is 2.75. The molecule has 2 heteroatoms. The first-order valence-corrected chi connectivity index (χ1v) is 5.59. The van der Waals surface area contributed by atoms with Crippen LogP contribution in [0.3, 0.4) is 0 Å². The SMILES string of the molecule is CC(C)C(c1cccnc1)c1cccnc1. The van der Waals surface area contributed by atoms with E-state index in [0.29, 0.717) is 11.8 Å². The number of hydrogen-bond acceptors (Lipinski definition) is 2. The number of aromatic nitrogens is 2. The minimum absolute atomic E-state index is 0.377. The molecule has 0 amide bonds. The molecule has 0 aromatic carbocycles. The zero-order chi connectivity index (χ0) is 11.4.